The average Bonchev–Trinajstić information content (AvgIpc) is 2.67. The van der Waals surface area contributed by atoms with Gasteiger partial charge in [0.05, 0.1) is 6.61 Å². The van der Waals surface area contributed by atoms with Crippen molar-refractivity contribution in [3.63, 3.8) is 0 Å². The number of nitrogens with zero attached hydrogens (tertiary/aromatic N) is 2. The Bertz CT molecular complexity index is 574. The average molecular weight is 275 g/mol. The second-order valence-corrected chi connectivity index (χ2v) is 3.97. The molecule has 0 aliphatic carbocycles. The Hall–Kier alpha value is -2.00. The van der Waals surface area contributed by atoms with Crippen molar-refractivity contribution in [3.8, 4) is 0 Å². The lowest BCUT2D eigenvalue weighted by Crippen LogP contribution is -2.50. The molecule has 0 aromatic carbocycles. The van der Waals surface area contributed by atoms with Gasteiger partial charge >= 0.3 is 5.69 Å². The Kier molecular flexibility index (Phi) is 3.25. The topological polar surface area (TPSA) is 111 Å². The number of halogens is 2. The standard InChI is InChI=1S/C10H11F2N3O4/c11-8(12)10(4-16)5(17)3-7(19-10)15-2-1-6(13)14-9(15)18/h1-3,5,8,16-17H,4H2,(H2,13,14,18)/t5-,10+/m0/s1. The molecule has 0 unspecified atom stereocenters. The molecule has 9 heteroatoms. The lowest BCUT2D eigenvalue weighted by Gasteiger charge is -2.29. The van der Waals surface area contributed by atoms with Crippen LogP contribution in [0, 0.1) is 0 Å². The van der Waals surface area contributed by atoms with Gasteiger partial charge in [0.25, 0.3) is 6.43 Å². The summed E-state index contributed by atoms with van der Waals surface area (Å²) < 4.78 is 31.5. The van der Waals surface area contributed by atoms with Crippen LogP contribution < -0.4 is 11.4 Å². The van der Waals surface area contributed by atoms with E-state index in [4.69, 9.17) is 15.6 Å². The molecule has 2 atom stereocenters. The van der Waals surface area contributed by atoms with E-state index in [1.165, 1.54) is 12.3 Å². The molecule has 0 saturated carbocycles. The fourth-order valence-electron chi connectivity index (χ4n) is 1.65. The van der Waals surface area contributed by atoms with Crippen LogP contribution in [0.15, 0.2) is 23.1 Å². The van der Waals surface area contributed by atoms with Gasteiger partial charge in [-0.1, -0.05) is 0 Å². The Morgan fingerprint density at radius 1 is 1.63 bits per heavy atom. The van der Waals surface area contributed by atoms with E-state index in [1.54, 1.807) is 0 Å². The first kappa shape index (κ1) is 13.4. The van der Waals surface area contributed by atoms with Crippen LogP contribution in [0.25, 0.3) is 5.88 Å². The van der Waals surface area contributed by atoms with E-state index >= 15 is 0 Å². The number of ether oxygens (including phenoxy) is 1. The van der Waals surface area contributed by atoms with Crippen LogP contribution in [0.4, 0.5) is 14.6 Å². The number of alkyl halides is 2. The molecule has 0 bridgehead atoms. The number of aliphatic hydroxyl groups is 2. The van der Waals surface area contributed by atoms with Crippen LogP contribution in [-0.4, -0.2) is 44.5 Å². The van der Waals surface area contributed by atoms with Crippen molar-refractivity contribution in [2.45, 2.75) is 18.1 Å². The summed E-state index contributed by atoms with van der Waals surface area (Å²) in [7, 11) is 0. The fourth-order valence-corrected chi connectivity index (χ4v) is 1.65. The first-order chi connectivity index (χ1) is 8.90. The minimum atomic E-state index is -3.14. The molecule has 0 saturated heterocycles. The number of nitrogen functional groups attached to an aromatic ring is 1. The second kappa shape index (κ2) is 4.59. The zero-order valence-electron chi connectivity index (χ0n) is 9.53. The third-order valence-corrected chi connectivity index (χ3v) is 2.77. The Labute approximate surface area is 105 Å². The molecule has 0 fully saturated rings. The molecule has 1 aliphatic heterocycles. The van der Waals surface area contributed by atoms with Gasteiger partial charge in [-0.05, 0) is 6.07 Å². The van der Waals surface area contributed by atoms with Crippen molar-refractivity contribution in [3.05, 3.63) is 28.8 Å². The summed E-state index contributed by atoms with van der Waals surface area (Å²) in [6.07, 6.45) is -2.82. The molecule has 0 radical (unpaired) electrons. The maximum absolute atomic E-state index is 12.9. The lowest BCUT2D eigenvalue weighted by atomic mass is 10.00. The van der Waals surface area contributed by atoms with Crippen LogP contribution in [-0.2, 0) is 4.74 Å². The Morgan fingerprint density at radius 2 is 2.32 bits per heavy atom. The van der Waals surface area contributed by atoms with Crippen molar-refractivity contribution >= 4 is 11.7 Å². The molecular formula is C10H11F2N3O4. The number of rotatable bonds is 3. The molecule has 1 aromatic heterocycles. The van der Waals surface area contributed by atoms with Crippen LogP contribution in [0.5, 0.6) is 0 Å². The first-order valence-electron chi connectivity index (χ1n) is 5.24. The molecule has 4 N–H and O–H groups in total. The van der Waals surface area contributed by atoms with Crippen molar-refractivity contribution < 1.29 is 23.7 Å². The van der Waals surface area contributed by atoms with E-state index < -0.39 is 30.4 Å². The largest absolute Gasteiger partial charge is 0.460 e. The summed E-state index contributed by atoms with van der Waals surface area (Å²) in [5.41, 5.74) is 1.97. The summed E-state index contributed by atoms with van der Waals surface area (Å²) in [4.78, 5) is 14.9. The molecule has 0 spiro atoms. The van der Waals surface area contributed by atoms with Gasteiger partial charge in [0.15, 0.2) is 0 Å². The van der Waals surface area contributed by atoms with Gasteiger partial charge in [-0.15, -0.1) is 0 Å². The molecule has 1 aliphatic rings. The predicted molar refractivity (Wildman–Crippen MR) is 60.1 cm³/mol. The highest BCUT2D eigenvalue weighted by Gasteiger charge is 2.52. The number of aliphatic hydroxyl groups excluding tert-OH is 2. The van der Waals surface area contributed by atoms with Gasteiger partial charge in [-0.25, -0.2) is 18.1 Å². The summed E-state index contributed by atoms with van der Waals surface area (Å²) >= 11 is 0. The van der Waals surface area contributed by atoms with Gasteiger partial charge < -0.3 is 20.7 Å². The molecule has 2 heterocycles. The lowest BCUT2D eigenvalue weighted by molar-refractivity contribution is -0.155. The third kappa shape index (κ3) is 2.06. The van der Waals surface area contributed by atoms with Crippen LogP contribution in [0.2, 0.25) is 0 Å². The normalized spacial score (nSPS) is 26.4. The van der Waals surface area contributed by atoms with E-state index in [1.807, 2.05) is 0 Å². The second-order valence-electron chi connectivity index (χ2n) is 3.97. The molecule has 0 amide bonds. The van der Waals surface area contributed by atoms with Crippen molar-refractivity contribution in [1.82, 2.24) is 9.55 Å². The monoisotopic (exact) mass is 275 g/mol. The van der Waals surface area contributed by atoms with E-state index in [0.717, 1.165) is 10.6 Å². The maximum Gasteiger partial charge on any atom is 0.356 e. The van der Waals surface area contributed by atoms with E-state index in [2.05, 4.69) is 4.98 Å². The molecular weight excluding hydrogens is 264 g/mol. The van der Waals surface area contributed by atoms with Crippen molar-refractivity contribution in [2.75, 3.05) is 12.3 Å². The Balaban J connectivity index is 2.39. The minimum Gasteiger partial charge on any atom is -0.460 e. The van der Waals surface area contributed by atoms with Gasteiger partial charge in [-0.3, -0.25) is 0 Å². The smallest absolute Gasteiger partial charge is 0.356 e. The zero-order chi connectivity index (χ0) is 14.2. The van der Waals surface area contributed by atoms with Gasteiger partial charge in [-0.2, -0.15) is 4.98 Å². The highest BCUT2D eigenvalue weighted by molar-refractivity contribution is 5.45. The van der Waals surface area contributed by atoms with Gasteiger partial charge in [0.1, 0.15) is 11.9 Å². The fraction of sp³-hybridized carbons (Fsp3) is 0.400. The number of nitrogens with two attached hydrogens (primary N) is 1. The van der Waals surface area contributed by atoms with Gasteiger partial charge in [0.2, 0.25) is 11.5 Å². The zero-order valence-corrected chi connectivity index (χ0v) is 9.53. The minimum absolute atomic E-state index is 0.0392. The number of hydrogen-bond donors (Lipinski definition) is 3. The summed E-state index contributed by atoms with van der Waals surface area (Å²) in [5, 5.41) is 18.6. The Morgan fingerprint density at radius 3 is 2.79 bits per heavy atom. The number of aromatic nitrogens is 2. The highest BCUT2D eigenvalue weighted by atomic mass is 19.3. The number of hydrogen-bond acceptors (Lipinski definition) is 6. The van der Waals surface area contributed by atoms with Crippen LogP contribution in [0.1, 0.15) is 0 Å². The molecule has 19 heavy (non-hydrogen) atoms. The molecule has 7 nitrogen and oxygen atoms in total. The van der Waals surface area contributed by atoms with Crippen molar-refractivity contribution in [2.24, 2.45) is 0 Å². The van der Waals surface area contributed by atoms with Gasteiger partial charge in [0, 0.05) is 12.3 Å². The highest BCUT2D eigenvalue weighted by Crippen LogP contribution is 2.35. The van der Waals surface area contributed by atoms with Crippen LogP contribution in [0.3, 0.4) is 0 Å². The quantitative estimate of drug-likeness (QED) is 0.653. The third-order valence-electron chi connectivity index (χ3n) is 2.77. The summed E-state index contributed by atoms with van der Waals surface area (Å²) in [6, 6.07) is 1.26. The molecule has 104 valence electrons. The number of anilines is 1. The predicted octanol–water partition coefficient (Wildman–Crippen LogP) is -0.989. The molecule has 1 aromatic rings. The van der Waals surface area contributed by atoms with E-state index in [-0.39, 0.29) is 11.7 Å². The van der Waals surface area contributed by atoms with Crippen LogP contribution >= 0.6 is 0 Å². The maximum atomic E-state index is 12.9. The summed E-state index contributed by atoms with van der Waals surface area (Å²) in [6.45, 7) is -1.11. The van der Waals surface area contributed by atoms with E-state index in [9.17, 15) is 18.7 Å². The summed E-state index contributed by atoms with van der Waals surface area (Å²) in [5.74, 6) is -0.373. The SMILES string of the molecule is Nc1ccn(C2=C[C@H](O)[C@](CO)(C(F)F)O2)c(=O)n1. The van der Waals surface area contributed by atoms with Crippen molar-refractivity contribution in [1.29, 1.82) is 0 Å². The molecule has 2 rings (SSSR count). The van der Waals surface area contributed by atoms with E-state index in [0.29, 0.717) is 0 Å². The first-order valence-corrected chi connectivity index (χ1v) is 5.24.